The van der Waals surface area contributed by atoms with Crippen molar-refractivity contribution in [1.29, 1.82) is 0 Å². The molecule has 6 heteroatoms. The van der Waals surface area contributed by atoms with E-state index in [-0.39, 0.29) is 12.0 Å². The molecule has 1 amide bonds. The molecule has 2 rings (SSSR count). The third-order valence-corrected chi connectivity index (χ3v) is 3.34. The Morgan fingerprint density at radius 2 is 2.32 bits per heavy atom. The number of carbonyl (C=O) groups is 1. The zero-order chi connectivity index (χ0) is 13.7. The molecule has 1 aliphatic heterocycles. The van der Waals surface area contributed by atoms with Gasteiger partial charge in [0.05, 0.1) is 11.0 Å². The lowest BCUT2D eigenvalue weighted by molar-refractivity contribution is -0.130. The molecule has 0 saturated carbocycles. The summed E-state index contributed by atoms with van der Waals surface area (Å²) >= 11 is 3.27. The minimum atomic E-state index is -0.0196. The molecule has 1 fully saturated rings. The predicted molar refractivity (Wildman–Crippen MR) is 74.8 cm³/mol. The number of nitrogens with zero attached hydrogens (tertiary/aromatic N) is 3. The number of hydrogen-bond acceptors (Lipinski definition) is 4. The standard InChI is InChI=1S/C13H16BrN3O2/c1-2-3-4-12(18)17-6-5-11(9-17)19-13-15-7-10(14)8-16-13/h2,7-8,11H,1,3-6,9H2. The molecule has 0 radical (unpaired) electrons. The Morgan fingerprint density at radius 3 is 3.00 bits per heavy atom. The monoisotopic (exact) mass is 325 g/mol. The molecule has 1 aromatic heterocycles. The fraction of sp³-hybridized carbons (Fsp3) is 0.462. The van der Waals surface area contributed by atoms with Crippen molar-refractivity contribution in [2.24, 2.45) is 0 Å². The van der Waals surface area contributed by atoms with Crippen LogP contribution in [0.2, 0.25) is 0 Å². The first-order valence-electron chi connectivity index (χ1n) is 6.22. The van der Waals surface area contributed by atoms with Gasteiger partial charge in [-0.3, -0.25) is 4.79 Å². The van der Waals surface area contributed by atoms with E-state index < -0.39 is 0 Å². The lowest BCUT2D eigenvalue weighted by atomic mass is 10.3. The van der Waals surface area contributed by atoms with Crippen LogP contribution in [0.5, 0.6) is 6.01 Å². The van der Waals surface area contributed by atoms with E-state index in [0.717, 1.165) is 23.9 Å². The van der Waals surface area contributed by atoms with Gasteiger partial charge in [0.15, 0.2) is 0 Å². The fourth-order valence-electron chi connectivity index (χ4n) is 1.94. The highest BCUT2D eigenvalue weighted by Crippen LogP contribution is 2.17. The predicted octanol–water partition coefficient (Wildman–Crippen LogP) is 2.19. The largest absolute Gasteiger partial charge is 0.458 e. The van der Waals surface area contributed by atoms with Crippen molar-refractivity contribution in [1.82, 2.24) is 14.9 Å². The molecular weight excluding hydrogens is 310 g/mol. The van der Waals surface area contributed by atoms with Crippen LogP contribution < -0.4 is 4.74 Å². The Hall–Kier alpha value is -1.43. The SMILES string of the molecule is C=CCCC(=O)N1CCC(Oc2ncc(Br)cn2)C1. The molecule has 19 heavy (non-hydrogen) atoms. The van der Waals surface area contributed by atoms with Crippen molar-refractivity contribution in [3.8, 4) is 6.01 Å². The van der Waals surface area contributed by atoms with Crippen molar-refractivity contribution in [3.05, 3.63) is 29.5 Å². The van der Waals surface area contributed by atoms with Crippen LogP contribution in [0, 0.1) is 0 Å². The van der Waals surface area contributed by atoms with E-state index in [0.29, 0.717) is 19.0 Å². The van der Waals surface area contributed by atoms with E-state index in [1.807, 2.05) is 4.90 Å². The van der Waals surface area contributed by atoms with Crippen LogP contribution >= 0.6 is 15.9 Å². The minimum absolute atomic E-state index is 0.0196. The van der Waals surface area contributed by atoms with Gasteiger partial charge < -0.3 is 9.64 Å². The summed E-state index contributed by atoms with van der Waals surface area (Å²) in [4.78, 5) is 21.8. The maximum absolute atomic E-state index is 11.8. The Morgan fingerprint density at radius 1 is 1.58 bits per heavy atom. The van der Waals surface area contributed by atoms with Gasteiger partial charge in [-0.15, -0.1) is 6.58 Å². The number of likely N-dealkylation sites (tertiary alicyclic amines) is 1. The first kappa shape index (κ1) is 14.0. The summed E-state index contributed by atoms with van der Waals surface area (Å²) in [6, 6.07) is 0.355. The summed E-state index contributed by atoms with van der Waals surface area (Å²) in [5, 5.41) is 0. The molecule has 102 valence electrons. The molecule has 0 N–H and O–H groups in total. The lowest BCUT2D eigenvalue weighted by Gasteiger charge is -2.16. The van der Waals surface area contributed by atoms with Gasteiger partial charge in [-0.2, -0.15) is 0 Å². The molecule has 0 spiro atoms. The molecular formula is C13H16BrN3O2. The summed E-state index contributed by atoms with van der Waals surface area (Å²) in [6.07, 6.45) is 7.08. The van der Waals surface area contributed by atoms with Crippen LogP contribution in [-0.2, 0) is 4.79 Å². The smallest absolute Gasteiger partial charge is 0.316 e. The van der Waals surface area contributed by atoms with Gasteiger partial charge in [-0.25, -0.2) is 9.97 Å². The molecule has 1 unspecified atom stereocenters. The van der Waals surface area contributed by atoms with Crippen molar-refractivity contribution < 1.29 is 9.53 Å². The summed E-state index contributed by atoms with van der Waals surface area (Å²) in [5.74, 6) is 0.155. The van der Waals surface area contributed by atoms with Gasteiger partial charge in [0.25, 0.3) is 0 Å². The highest BCUT2D eigenvalue weighted by molar-refractivity contribution is 9.10. The van der Waals surface area contributed by atoms with Crippen LogP contribution in [0.25, 0.3) is 0 Å². The quantitative estimate of drug-likeness (QED) is 0.779. The van der Waals surface area contributed by atoms with E-state index in [1.54, 1.807) is 18.5 Å². The van der Waals surface area contributed by atoms with Crippen LogP contribution in [-0.4, -0.2) is 40.0 Å². The molecule has 1 atom stereocenters. The highest BCUT2D eigenvalue weighted by Gasteiger charge is 2.27. The van der Waals surface area contributed by atoms with Crippen molar-refractivity contribution in [2.75, 3.05) is 13.1 Å². The fourth-order valence-corrected chi connectivity index (χ4v) is 2.15. The molecule has 2 heterocycles. The van der Waals surface area contributed by atoms with Gasteiger partial charge in [0.2, 0.25) is 5.91 Å². The number of aromatic nitrogens is 2. The molecule has 0 bridgehead atoms. The summed E-state index contributed by atoms with van der Waals surface area (Å²) in [5.41, 5.74) is 0. The molecule has 1 aromatic rings. The summed E-state index contributed by atoms with van der Waals surface area (Å²) in [7, 11) is 0. The van der Waals surface area contributed by atoms with Crippen molar-refractivity contribution in [3.63, 3.8) is 0 Å². The van der Waals surface area contributed by atoms with Gasteiger partial charge in [-0.1, -0.05) is 6.08 Å². The Balaban J connectivity index is 1.83. The zero-order valence-electron chi connectivity index (χ0n) is 10.6. The second-order valence-corrected chi connectivity index (χ2v) is 5.30. The molecule has 0 aliphatic carbocycles. The average molecular weight is 326 g/mol. The number of allylic oxidation sites excluding steroid dienone is 1. The van der Waals surface area contributed by atoms with Gasteiger partial charge in [0, 0.05) is 31.8 Å². The van der Waals surface area contributed by atoms with E-state index in [1.165, 1.54) is 0 Å². The van der Waals surface area contributed by atoms with Crippen LogP contribution in [0.15, 0.2) is 29.5 Å². The maximum atomic E-state index is 11.8. The van der Waals surface area contributed by atoms with Crippen LogP contribution in [0.1, 0.15) is 19.3 Å². The van der Waals surface area contributed by atoms with Crippen molar-refractivity contribution in [2.45, 2.75) is 25.4 Å². The Labute approximate surface area is 120 Å². The van der Waals surface area contributed by atoms with Crippen LogP contribution in [0.4, 0.5) is 0 Å². The lowest BCUT2D eigenvalue weighted by Crippen LogP contribution is -2.30. The number of amides is 1. The first-order chi connectivity index (χ1) is 9.19. The Bertz CT molecular complexity index is 450. The maximum Gasteiger partial charge on any atom is 0.316 e. The number of ether oxygens (including phenoxy) is 1. The number of carbonyl (C=O) groups excluding carboxylic acids is 1. The number of rotatable bonds is 5. The topological polar surface area (TPSA) is 55.3 Å². The number of halogens is 1. The molecule has 1 saturated heterocycles. The van der Waals surface area contributed by atoms with Crippen molar-refractivity contribution >= 4 is 21.8 Å². The van der Waals surface area contributed by atoms with Gasteiger partial charge in [-0.05, 0) is 22.4 Å². The molecule has 5 nitrogen and oxygen atoms in total. The summed E-state index contributed by atoms with van der Waals surface area (Å²) < 4.78 is 6.47. The first-order valence-corrected chi connectivity index (χ1v) is 7.01. The average Bonchev–Trinajstić information content (AvgIpc) is 2.87. The molecule has 1 aliphatic rings. The highest BCUT2D eigenvalue weighted by atomic mass is 79.9. The third-order valence-electron chi connectivity index (χ3n) is 2.93. The van der Waals surface area contributed by atoms with Gasteiger partial charge >= 0.3 is 6.01 Å². The van der Waals surface area contributed by atoms with Gasteiger partial charge in [0.1, 0.15) is 6.10 Å². The van der Waals surface area contributed by atoms with E-state index in [9.17, 15) is 4.79 Å². The van der Waals surface area contributed by atoms with E-state index in [4.69, 9.17) is 4.74 Å². The van der Waals surface area contributed by atoms with E-state index >= 15 is 0 Å². The second kappa shape index (κ2) is 6.65. The third kappa shape index (κ3) is 4.02. The minimum Gasteiger partial charge on any atom is -0.458 e. The van der Waals surface area contributed by atoms with Crippen LogP contribution in [0.3, 0.4) is 0 Å². The number of hydrogen-bond donors (Lipinski definition) is 0. The normalized spacial score (nSPS) is 18.4. The summed E-state index contributed by atoms with van der Waals surface area (Å²) in [6.45, 7) is 4.96. The second-order valence-electron chi connectivity index (χ2n) is 4.38. The Kier molecular flexibility index (Phi) is 4.90. The van der Waals surface area contributed by atoms with E-state index in [2.05, 4.69) is 32.5 Å². The zero-order valence-corrected chi connectivity index (χ0v) is 12.2. The molecule has 0 aromatic carbocycles.